The molecular formula is C25H28NO7-. The number of aromatic hydroxyl groups is 1. The first-order valence-corrected chi connectivity index (χ1v) is 11.0. The lowest BCUT2D eigenvalue weighted by atomic mass is 10.0. The molecule has 1 atom stereocenters. The lowest BCUT2D eigenvalue weighted by molar-refractivity contribution is -0.119. The quantitative estimate of drug-likeness (QED) is 0.481. The van der Waals surface area contributed by atoms with Crippen LogP contribution in [-0.2, 0) is 16.1 Å². The molecule has 1 aliphatic rings. The summed E-state index contributed by atoms with van der Waals surface area (Å²) < 4.78 is 11.3. The van der Waals surface area contributed by atoms with Crippen molar-refractivity contribution in [2.45, 2.75) is 58.2 Å². The van der Waals surface area contributed by atoms with Gasteiger partial charge >= 0.3 is 5.97 Å². The Kier molecular flexibility index (Phi) is 8.46. The van der Waals surface area contributed by atoms with E-state index in [0.29, 0.717) is 43.4 Å². The van der Waals surface area contributed by atoms with Gasteiger partial charge in [-0.1, -0.05) is 24.3 Å². The van der Waals surface area contributed by atoms with Crippen molar-refractivity contribution in [3.63, 3.8) is 0 Å². The summed E-state index contributed by atoms with van der Waals surface area (Å²) in [6.45, 7) is 1.92. The number of carbonyl (C=O) groups is 2. The van der Waals surface area contributed by atoms with E-state index in [1.54, 1.807) is 31.2 Å². The van der Waals surface area contributed by atoms with Gasteiger partial charge in [-0.25, -0.2) is 4.79 Å². The number of carbonyl (C=O) groups excluding carboxylic acids is 2. The molecule has 0 spiro atoms. The summed E-state index contributed by atoms with van der Waals surface area (Å²) in [7, 11) is 0. The molecule has 33 heavy (non-hydrogen) atoms. The van der Waals surface area contributed by atoms with Gasteiger partial charge in [-0.3, -0.25) is 10.0 Å². The number of nitrogens with zero attached hydrogens (tertiary/aromatic N) is 1. The van der Waals surface area contributed by atoms with Gasteiger partial charge in [0.1, 0.15) is 29.5 Å². The second-order valence-corrected chi connectivity index (χ2v) is 8.08. The third kappa shape index (κ3) is 7.06. The number of Topliss-reactive ketones (excluding diaryl/α,β-unsaturated/α-hetero) is 1. The van der Waals surface area contributed by atoms with Crippen LogP contribution in [0.2, 0.25) is 0 Å². The van der Waals surface area contributed by atoms with E-state index in [2.05, 4.69) is 0 Å². The first kappa shape index (κ1) is 24.3. The molecule has 176 valence electrons. The maximum absolute atomic E-state index is 12.8. The largest absolute Gasteiger partial charge is 0.733 e. The van der Waals surface area contributed by atoms with E-state index in [9.17, 15) is 19.9 Å². The second-order valence-electron chi connectivity index (χ2n) is 8.08. The van der Waals surface area contributed by atoms with Crippen molar-refractivity contribution in [1.82, 2.24) is 0 Å². The lowest BCUT2D eigenvalue weighted by Gasteiger charge is -2.21. The fourth-order valence-corrected chi connectivity index (χ4v) is 3.59. The molecule has 3 rings (SSSR count). The van der Waals surface area contributed by atoms with Crippen LogP contribution < -0.4 is 9.96 Å². The van der Waals surface area contributed by atoms with Gasteiger partial charge < -0.3 is 25.0 Å². The summed E-state index contributed by atoms with van der Waals surface area (Å²) in [6.07, 6.45) is 6.80. The summed E-state index contributed by atoms with van der Waals surface area (Å²) in [5, 5.41) is 30.2. The van der Waals surface area contributed by atoms with Crippen molar-refractivity contribution in [1.29, 1.82) is 0 Å². The Labute approximate surface area is 192 Å². The summed E-state index contributed by atoms with van der Waals surface area (Å²) >= 11 is 0. The minimum absolute atomic E-state index is 0.0708. The molecule has 0 fully saturated rings. The first-order chi connectivity index (χ1) is 15.8. The van der Waals surface area contributed by atoms with Gasteiger partial charge in [-0.15, -0.1) is 0 Å². The molecule has 2 aromatic carbocycles. The van der Waals surface area contributed by atoms with Crippen molar-refractivity contribution in [2.24, 2.45) is 0 Å². The maximum Gasteiger partial charge on any atom is 0.342 e. The smallest absolute Gasteiger partial charge is 0.342 e. The van der Waals surface area contributed by atoms with E-state index in [0.717, 1.165) is 12.0 Å². The van der Waals surface area contributed by atoms with Gasteiger partial charge in [-0.05, 0) is 61.9 Å². The average Bonchev–Trinajstić information content (AvgIpc) is 2.76. The number of benzene rings is 2. The molecule has 8 nitrogen and oxygen atoms in total. The van der Waals surface area contributed by atoms with Crippen LogP contribution in [0, 0.1) is 5.21 Å². The summed E-state index contributed by atoms with van der Waals surface area (Å²) in [5.41, 5.74) is 1.38. The number of ketones is 1. The highest BCUT2D eigenvalue weighted by Crippen LogP contribution is 2.31. The van der Waals surface area contributed by atoms with Crippen molar-refractivity contribution >= 4 is 23.5 Å². The zero-order valence-corrected chi connectivity index (χ0v) is 18.5. The van der Waals surface area contributed by atoms with E-state index in [1.807, 2.05) is 6.08 Å². The van der Waals surface area contributed by atoms with E-state index in [4.69, 9.17) is 14.7 Å². The standard InChI is InChI=1S/C25H28NO7/c1-17-6-5-9-21(27)8-4-2-3-7-19-14-22(15-23(28)24(19)25(29)33-17)32-16-18-10-12-20(13-11-18)26(30)31/h3,7,10-15,17,28,30H,2,4-6,8-9,16H2,1H3/q-1/t17-/m1/s1. The molecule has 0 unspecified atom stereocenters. The van der Waals surface area contributed by atoms with Crippen LogP contribution >= 0.6 is 0 Å². The number of rotatable bonds is 4. The second kappa shape index (κ2) is 11.5. The Morgan fingerprint density at radius 3 is 2.61 bits per heavy atom. The highest BCUT2D eigenvalue weighted by atomic mass is 16.8. The number of esters is 1. The number of phenols is 1. The van der Waals surface area contributed by atoms with E-state index < -0.39 is 5.97 Å². The average molecular weight is 454 g/mol. The van der Waals surface area contributed by atoms with Gasteiger partial charge in [0.05, 0.1) is 11.8 Å². The number of cyclic esters (lactones) is 1. The van der Waals surface area contributed by atoms with Crippen LogP contribution in [0.25, 0.3) is 6.08 Å². The fraction of sp³-hybridized carbons (Fsp3) is 0.360. The number of hydrogen-bond donors (Lipinski definition) is 2. The molecule has 1 aliphatic heterocycles. The van der Waals surface area contributed by atoms with E-state index >= 15 is 0 Å². The Morgan fingerprint density at radius 2 is 1.88 bits per heavy atom. The minimum atomic E-state index is -0.628. The van der Waals surface area contributed by atoms with Gasteiger partial charge in [0.15, 0.2) is 0 Å². The summed E-state index contributed by atoms with van der Waals surface area (Å²) in [5.74, 6) is -0.312. The van der Waals surface area contributed by atoms with Gasteiger partial charge in [0, 0.05) is 18.9 Å². The Hall–Kier alpha value is -3.36. The van der Waals surface area contributed by atoms with Crippen molar-refractivity contribution in [3.05, 3.63) is 64.4 Å². The highest BCUT2D eigenvalue weighted by Gasteiger charge is 2.21. The van der Waals surface area contributed by atoms with Crippen LogP contribution in [0.15, 0.2) is 42.5 Å². The summed E-state index contributed by atoms with van der Waals surface area (Å²) in [6, 6.07) is 9.19. The molecule has 2 aromatic rings. The van der Waals surface area contributed by atoms with Gasteiger partial charge in [-0.2, -0.15) is 0 Å². The number of allylic oxidation sites excluding steroid dienone is 1. The van der Waals surface area contributed by atoms with Crippen molar-refractivity contribution < 1.29 is 29.4 Å². The maximum atomic E-state index is 12.8. The third-order valence-corrected chi connectivity index (χ3v) is 5.39. The molecule has 8 heteroatoms. The van der Waals surface area contributed by atoms with Crippen molar-refractivity contribution in [2.75, 3.05) is 5.23 Å². The minimum Gasteiger partial charge on any atom is -0.733 e. The zero-order chi connectivity index (χ0) is 23.8. The lowest BCUT2D eigenvalue weighted by Crippen LogP contribution is -2.17. The first-order valence-electron chi connectivity index (χ1n) is 11.0. The topological polar surface area (TPSA) is 119 Å². The Balaban J connectivity index is 1.81. The Morgan fingerprint density at radius 1 is 1.15 bits per heavy atom. The van der Waals surface area contributed by atoms with E-state index in [1.165, 1.54) is 18.2 Å². The molecule has 0 aliphatic carbocycles. The monoisotopic (exact) mass is 454 g/mol. The number of fused-ring (bicyclic) bond motifs is 1. The highest BCUT2D eigenvalue weighted by molar-refractivity contribution is 5.97. The number of ether oxygens (including phenoxy) is 2. The van der Waals surface area contributed by atoms with Gasteiger partial charge in [0.25, 0.3) is 0 Å². The molecule has 0 bridgehead atoms. The van der Waals surface area contributed by atoms with Crippen LogP contribution in [0.5, 0.6) is 11.5 Å². The molecule has 0 saturated heterocycles. The van der Waals surface area contributed by atoms with Crippen LogP contribution in [-0.4, -0.2) is 28.2 Å². The van der Waals surface area contributed by atoms with Crippen LogP contribution in [0.1, 0.15) is 66.9 Å². The zero-order valence-electron chi connectivity index (χ0n) is 18.5. The fourth-order valence-electron chi connectivity index (χ4n) is 3.59. The molecule has 0 radical (unpaired) electrons. The number of hydrogen-bond acceptors (Lipinski definition) is 8. The number of anilines is 1. The predicted octanol–water partition coefficient (Wildman–Crippen LogP) is 5.15. The Bertz CT molecular complexity index is 999. The SMILES string of the molecule is C[C@@H]1CCCC(=O)CCCC=Cc2cc(OCc3ccc(N([O-])O)cc3)cc(O)c2C(=O)O1. The van der Waals surface area contributed by atoms with E-state index in [-0.39, 0.29) is 40.7 Å². The predicted molar refractivity (Wildman–Crippen MR) is 123 cm³/mol. The summed E-state index contributed by atoms with van der Waals surface area (Å²) in [4.78, 5) is 24.7. The van der Waals surface area contributed by atoms with Crippen LogP contribution in [0.3, 0.4) is 0 Å². The molecule has 1 heterocycles. The molecule has 0 aromatic heterocycles. The molecule has 0 amide bonds. The van der Waals surface area contributed by atoms with Gasteiger partial charge in [0.2, 0.25) is 0 Å². The third-order valence-electron chi connectivity index (χ3n) is 5.39. The molecule has 2 N–H and O–H groups in total. The molecule has 0 saturated carbocycles. The molecular weight excluding hydrogens is 426 g/mol. The van der Waals surface area contributed by atoms with Crippen LogP contribution in [0.4, 0.5) is 5.69 Å². The normalized spacial score (nSPS) is 17.6. The van der Waals surface area contributed by atoms with Crippen molar-refractivity contribution in [3.8, 4) is 11.5 Å². The number of phenolic OH excluding ortho intramolecular Hbond substituents is 1.